The number of allylic oxidation sites excluding steroid dienone is 4. The fourth-order valence-corrected chi connectivity index (χ4v) is 3.95. The number of hydrogen-bond donors (Lipinski definition) is 0. The normalized spacial score (nSPS) is 12.7. The number of fused-ring (bicyclic) bond motifs is 1. The van der Waals surface area contributed by atoms with Gasteiger partial charge in [-0.2, -0.15) is 0 Å². The van der Waals surface area contributed by atoms with Gasteiger partial charge < -0.3 is 4.74 Å². The van der Waals surface area contributed by atoms with Crippen LogP contribution in [0.25, 0.3) is 16.5 Å². The van der Waals surface area contributed by atoms with Crippen LogP contribution in [0.1, 0.15) is 76.8 Å². The highest BCUT2D eigenvalue weighted by Crippen LogP contribution is 2.30. The Kier molecular flexibility index (Phi) is 8.58. The molecule has 2 aromatic rings. The maximum Gasteiger partial charge on any atom is 0.308 e. The molecular weight excluding hydrogens is 370 g/mol. The average Bonchev–Trinajstić information content (AvgIpc) is 2.74. The predicted molar refractivity (Wildman–Crippen MR) is 127 cm³/mol. The molecule has 2 rings (SSSR count). The fourth-order valence-electron chi connectivity index (χ4n) is 3.95. The van der Waals surface area contributed by atoms with Crippen LogP contribution in [0.4, 0.5) is 0 Å². The number of ether oxygens (including phenoxy) is 1. The van der Waals surface area contributed by atoms with E-state index >= 15 is 0 Å². The zero-order valence-corrected chi connectivity index (χ0v) is 19.4. The number of aromatic nitrogens is 1. The second-order valence-corrected chi connectivity index (χ2v) is 7.59. The first kappa shape index (κ1) is 23.6. The minimum atomic E-state index is -0.326. The minimum absolute atomic E-state index is 0.326. The number of aryl methyl sites for hydroxylation is 2. The van der Waals surface area contributed by atoms with Crippen molar-refractivity contribution in [3.63, 3.8) is 0 Å². The van der Waals surface area contributed by atoms with Crippen LogP contribution in [0, 0.1) is 0 Å². The highest BCUT2D eigenvalue weighted by molar-refractivity contribution is 5.87. The molecule has 1 heterocycles. The number of benzene rings is 1. The van der Waals surface area contributed by atoms with E-state index in [1.54, 1.807) is 6.08 Å². The van der Waals surface area contributed by atoms with Gasteiger partial charge in [-0.05, 0) is 78.7 Å². The molecule has 0 N–H and O–H groups in total. The van der Waals surface area contributed by atoms with Crippen molar-refractivity contribution in [2.45, 2.75) is 73.6 Å². The van der Waals surface area contributed by atoms with Crippen molar-refractivity contribution in [3.8, 4) is 0 Å². The number of hydrogen-bond acceptors (Lipinski definition) is 3. The quantitative estimate of drug-likeness (QED) is 0.253. The fraction of sp³-hybridized carbons (Fsp3) is 0.407. The Labute approximate surface area is 181 Å². The number of carbonyl (C=O) groups is 1. The molecule has 0 fully saturated rings. The lowest BCUT2D eigenvalue weighted by atomic mass is 9.92. The van der Waals surface area contributed by atoms with Gasteiger partial charge in [-0.25, -0.2) is 4.98 Å². The molecule has 0 amide bonds. The highest BCUT2D eigenvalue weighted by atomic mass is 16.5. The highest BCUT2D eigenvalue weighted by Gasteiger charge is 2.16. The summed E-state index contributed by atoms with van der Waals surface area (Å²) in [6, 6.07) is 6.56. The lowest BCUT2D eigenvalue weighted by molar-refractivity contribution is -0.136. The molecule has 3 nitrogen and oxygen atoms in total. The van der Waals surface area contributed by atoms with Gasteiger partial charge in [0.15, 0.2) is 0 Å². The number of esters is 1. The molecule has 0 aliphatic heterocycles. The summed E-state index contributed by atoms with van der Waals surface area (Å²) in [5.74, 6) is 0.244. The smallest absolute Gasteiger partial charge is 0.308 e. The molecule has 0 aliphatic carbocycles. The monoisotopic (exact) mass is 405 g/mol. The molecule has 0 unspecified atom stereocenters. The summed E-state index contributed by atoms with van der Waals surface area (Å²) in [5, 5.41) is 1.25. The topological polar surface area (TPSA) is 39.2 Å². The molecule has 0 aliphatic rings. The van der Waals surface area contributed by atoms with Crippen molar-refractivity contribution in [2.75, 3.05) is 0 Å². The van der Waals surface area contributed by atoms with Gasteiger partial charge in [0.1, 0.15) is 5.76 Å². The summed E-state index contributed by atoms with van der Waals surface area (Å²) in [6.07, 6.45) is 8.36. The summed E-state index contributed by atoms with van der Waals surface area (Å²) < 4.78 is 5.56. The summed E-state index contributed by atoms with van der Waals surface area (Å²) in [6.45, 7) is 16.1. The largest absolute Gasteiger partial charge is 0.426 e. The van der Waals surface area contributed by atoms with Crippen molar-refractivity contribution in [1.82, 2.24) is 4.98 Å². The molecule has 1 aromatic heterocycles. The van der Waals surface area contributed by atoms with Crippen LogP contribution in [0.2, 0.25) is 0 Å². The summed E-state index contributed by atoms with van der Waals surface area (Å²) >= 11 is 0. The van der Waals surface area contributed by atoms with Crippen LogP contribution in [0.15, 0.2) is 48.3 Å². The molecular formula is C27H35NO2. The Hall–Kier alpha value is -2.68. The third-order valence-corrected chi connectivity index (χ3v) is 5.44. The Morgan fingerprint density at radius 2 is 1.77 bits per heavy atom. The van der Waals surface area contributed by atoms with E-state index in [0.29, 0.717) is 5.76 Å². The standard InChI is InChI=1S/C27H35NO2/c1-8-13-21(10-3)26(30-19(7)29)16-18(6)27-23(12-5)22(11-4)24-17-20(9-2)14-15-25(24)28-27/h10,14-17H,3,8-9,11-13H2,1-2,4-7H3/b18-16+,26-21-. The molecule has 30 heavy (non-hydrogen) atoms. The lowest BCUT2D eigenvalue weighted by Gasteiger charge is -2.17. The minimum Gasteiger partial charge on any atom is -0.426 e. The maximum atomic E-state index is 11.7. The number of carbonyl (C=O) groups excluding carboxylic acids is 1. The van der Waals surface area contributed by atoms with Crippen LogP contribution < -0.4 is 0 Å². The van der Waals surface area contributed by atoms with Crippen molar-refractivity contribution < 1.29 is 9.53 Å². The Balaban J connectivity index is 2.75. The number of rotatable bonds is 9. The summed E-state index contributed by atoms with van der Waals surface area (Å²) in [5.41, 5.74) is 7.89. The van der Waals surface area contributed by atoms with Crippen LogP contribution in [-0.4, -0.2) is 11.0 Å². The molecule has 0 saturated heterocycles. The van der Waals surface area contributed by atoms with Gasteiger partial charge in [0, 0.05) is 12.3 Å². The second-order valence-electron chi connectivity index (χ2n) is 7.59. The average molecular weight is 406 g/mol. The third kappa shape index (κ3) is 5.27. The molecule has 0 spiro atoms. The van der Waals surface area contributed by atoms with E-state index in [2.05, 4.69) is 52.5 Å². The molecule has 1 aromatic carbocycles. The van der Waals surface area contributed by atoms with E-state index < -0.39 is 0 Å². The van der Waals surface area contributed by atoms with Gasteiger partial charge in [-0.15, -0.1) is 0 Å². The summed E-state index contributed by atoms with van der Waals surface area (Å²) in [7, 11) is 0. The van der Waals surface area contributed by atoms with Crippen molar-refractivity contribution in [1.29, 1.82) is 0 Å². The molecule has 0 bridgehead atoms. The predicted octanol–water partition coefficient (Wildman–Crippen LogP) is 7.13. The van der Waals surface area contributed by atoms with E-state index in [1.807, 2.05) is 13.0 Å². The molecule has 3 heteroatoms. The first-order chi connectivity index (χ1) is 14.4. The van der Waals surface area contributed by atoms with Gasteiger partial charge >= 0.3 is 5.97 Å². The van der Waals surface area contributed by atoms with E-state index in [9.17, 15) is 4.79 Å². The first-order valence-corrected chi connectivity index (χ1v) is 11.1. The van der Waals surface area contributed by atoms with Crippen molar-refractivity contribution >= 4 is 22.4 Å². The molecule has 160 valence electrons. The SMILES string of the molecule is C=C/C(CCC)=C(\C=C(/C)c1nc2ccc(CC)cc2c(CC)c1CC)OC(C)=O. The van der Waals surface area contributed by atoms with Crippen molar-refractivity contribution in [3.05, 3.63) is 70.6 Å². The Morgan fingerprint density at radius 1 is 1.07 bits per heavy atom. The van der Waals surface area contributed by atoms with E-state index in [0.717, 1.165) is 54.5 Å². The molecule has 0 atom stereocenters. The number of nitrogens with zero attached hydrogens (tertiary/aromatic N) is 1. The Morgan fingerprint density at radius 3 is 2.30 bits per heavy atom. The zero-order valence-electron chi connectivity index (χ0n) is 19.4. The number of pyridine rings is 1. The maximum absolute atomic E-state index is 11.7. The van der Waals surface area contributed by atoms with E-state index in [4.69, 9.17) is 9.72 Å². The van der Waals surface area contributed by atoms with Gasteiger partial charge in [0.25, 0.3) is 0 Å². The van der Waals surface area contributed by atoms with Crippen LogP contribution in [0.3, 0.4) is 0 Å². The van der Waals surface area contributed by atoms with E-state index in [1.165, 1.54) is 29.0 Å². The lowest BCUT2D eigenvalue weighted by Crippen LogP contribution is -2.05. The van der Waals surface area contributed by atoms with Crippen LogP contribution in [0.5, 0.6) is 0 Å². The third-order valence-electron chi connectivity index (χ3n) is 5.44. The van der Waals surface area contributed by atoms with Gasteiger partial charge in [-0.3, -0.25) is 4.79 Å². The van der Waals surface area contributed by atoms with Crippen LogP contribution >= 0.6 is 0 Å². The van der Waals surface area contributed by atoms with E-state index in [-0.39, 0.29) is 5.97 Å². The molecule has 0 saturated carbocycles. The molecule has 0 radical (unpaired) electrons. The summed E-state index contributed by atoms with van der Waals surface area (Å²) in [4.78, 5) is 16.8. The van der Waals surface area contributed by atoms with Gasteiger partial charge in [0.05, 0.1) is 11.2 Å². The van der Waals surface area contributed by atoms with Crippen molar-refractivity contribution in [2.24, 2.45) is 0 Å². The Bertz CT molecular complexity index is 996. The van der Waals surface area contributed by atoms with Crippen LogP contribution in [-0.2, 0) is 28.8 Å². The first-order valence-electron chi connectivity index (χ1n) is 11.1. The van der Waals surface area contributed by atoms with Gasteiger partial charge in [0.2, 0.25) is 0 Å². The second kappa shape index (κ2) is 10.9. The van der Waals surface area contributed by atoms with Gasteiger partial charge in [-0.1, -0.05) is 52.8 Å². The zero-order chi connectivity index (χ0) is 22.3.